The number of phenolic OH excluding ortho intramolecular Hbond substituents is 1. The Morgan fingerprint density at radius 1 is 1.53 bits per heavy atom. The molecule has 1 atom stereocenters. The highest BCUT2D eigenvalue weighted by Crippen LogP contribution is 2.31. The Morgan fingerprint density at radius 3 is 2.82 bits per heavy atom. The molecule has 0 fully saturated rings. The molecular weight excluding hydrogens is 226 g/mol. The Morgan fingerprint density at radius 2 is 2.24 bits per heavy atom. The highest BCUT2D eigenvalue weighted by molar-refractivity contribution is 6.00. The third-order valence-electron chi connectivity index (χ3n) is 2.68. The molecule has 1 aliphatic rings. The Kier molecular flexibility index (Phi) is 2.63. The molecule has 1 amide bonds. The van der Waals surface area contributed by atoms with Crippen LogP contribution in [0.2, 0.25) is 0 Å². The molecule has 1 unspecified atom stereocenters. The van der Waals surface area contributed by atoms with Gasteiger partial charge in [-0.3, -0.25) is 4.79 Å². The van der Waals surface area contributed by atoms with E-state index in [9.17, 15) is 14.7 Å². The molecule has 6 heteroatoms. The summed E-state index contributed by atoms with van der Waals surface area (Å²) in [5.74, 6) is -1.51. The molecule has 0 aliphatic carbocycles. The lowest BCUT2D eigenvalue weighted by atomic mass is 9.94. The summed E-state index contributed by atoms with van der Waals surface area (Å²) in [7, 11) is 1.39. The standard InChI is InChI=1S/C11H11NO5/c1-17-9-3-5-2-7(11(15)16)12-10(14)6(5)4-8(9)13/h3-4,7,13H,2H2,1H3,(H,12,14)(H,15,16). The van der Waals surface area contributed by atoms with Gasteiger partial charge in [-0.05, 0) is 17.7 Å². The first-order valence-electron chi connectivity index (χ1n) is 4.96. The number of carbonyl (C=O) groups is 2. The average molecular weight is 237 g/mol. The van der Waals surface area contributed by atoms with Gasteiger partial charge in [0.15, 0.2) is 11.5 Å². The van der Waals surface area contributed by atoms with Crippen molar-refractivity contribution in [3.8, 4) is 11.5 Å². The molecule has 0 bridgehead atoms. The van der Waals surface area contributed by atoms with Crippen LogP contribution < -0.4 is 10.1 Å². The molecular formula is C11H11NO5. The van der Waals surface area contributed by atoms with E-state index in [-0.39, 0.29) is 23.5 Å². The smallest absolute Gasteiger partial charge is 0.326 e. The molecule has 0 spiro atoms. The summed E-state index contributed by atoms with van der Waals surface area (Å²) in [5.41, 5.74) is 0.830. The summed E-state index contributed by atoms with van der Waals surface area (Å²) < 4.78 is 4.91. The Hall–Kier alpha value is -2.24. The maximum Gasteiger partial charge on any atom is 0.326 e. The van der Waals surface area contributed by atoms with Crippen LogP contribution in [0.25, 0.3) is 0 Å². The summed E-state index contributed by atoms with van der Waals surface area (Å²) in [5, 5.41) is 20.8. The van der Waals surface area contributed by atoms with Gasteiger partial charge in [0.1, 0.15) is 6.04 Å². The van der Waals surface area contributed by atoms with E-state index in [0.717, 1.165) is 0 Å². The number of carboxylic acid groups (broad SMARTS) is 1. The Balaban J connectivity index is 2.46. The second-order valence-corrected chi connectivity index (χ2v) is 3.75. The van der Waals surface area contributed by atoms with Crippen LogP contribution in [0.4, 0.5) is 0 Å². The third-order valence-corrected chi connectivity index (χ3v) is 2.68. The first-order valence-corrected chi connectivity index (χ1v) is 4.96. The lowest BCUT2D eigenvalue weighted by molar-refractivity contribution is -0.139. The lowest BCUT2D eigenvalue weighted by Gasteiger charge is -2.23. The first-order chi connectivity index (χ1) is 8.02. The van der Waals surface area contributed by atoms with Crippen molar-refractivity contribution in [3.63, 3.8) is 0 Å². The SMILES string of the molecule is COc1cc2c(cc1O)C(=O)NC(C(=O)O)C2. The fraction of sp³-hybridized carbons (Fsp3) is 0.273. The van der Waals surface area contributed by atoms with Crippen LogP contribution in [0.3, 0.4) is 0 Å². The molecule has 0 aromatic heterocycles. The second kappa shape index (κ2) is 3.97. The fourth-order valence-corrected chi connectivity index (χ4v) is 1.81. The molecule has 1 heterocycles. The number of fused-ring (bicyclic) bond motifs is 1. The molecule has 1 aromatic carbocycles. The minimum Gasteiger partial charge on any atom is -0.504 e. The molecule has 3 N–H and O–H groups in total. The number of aromatic hydroxyl groups is 1. The van der Waals surface area contributed by atoms with Crippen molar-refractivity contribution in [2.45, 2.75) is 12.5 Å². The lowest BCUT2D eigenvalue weighted by Crippen LogP contribution is -2.46. The minimum atomic E-state index is -1.09. The van der Waals surface area contributed by atoms with Gasteiger partial charge in [-0.1, -0.05) is 0 Å². The summed E-state index contributed by atoms with van der Waals surface area (Å²) >= 11 is 0. The minimum absolute atomic E-state index is 0.143. The molecule has 2 rings (SSSR count). The first kappa shape index (κ1) is 11.3. The van der Waals surface area contributed by atoms with Crippen molar-refractivity contribution >= 4 is 11.9 Å². The number of ether oxygens (including phenoxy) is 1. The number of aliphatic carboxylic acids is 1. The summed E-state index contributed by atoms with van der Waals surface area (Å²) in [6.07, 6.45) is 0.174. The van der Waals surface area contributed by atoms with Crippen LogP contribution in [-0.4, -0.2) is 35.2 Å². The van der Waals surface area contributed by atoms with Gasteiger partial charge in [-0.2, -0.15) is 0 Å². The van der Waals surface area contributed by atoms with Crippen LogP contribution in [0, 0.1) is 0 Å². The number of amides is 1. The molecule has 1 aliphatic heterocycles. The van der Waals surface area contributed by atoms with Gasteiger partial charge < -0.3 is 20.3 Å². The maximum absolute atomic E-state index is 11.6. The largest absolute Gasteiger partial charge is 0.504 e. The van der Waals surface area contributed by atoms with Crippen molar-refractivity contribution < 1.29 is 24.5 Å². The number of phenols is 1. The van der Waals surface area contributed by atoms with Crippen molar-refractivity contribution in [1.29, 1.82) is 0 Å². The van der Waals surface area contributed by atoms with E-state index in [1.807, 2.05) is 0 Å². The van der Waals surface area contributed by atoms with E-state index in [2.05, 4.69) is 5.32 Å². The zero-order chi connectivity index (χ0) is 12.6. The van der Waals surface area contributed by atoms with Crippen molar-refractivity contribution in [2.24, 2.45) is 0 Å². The second-order valence-electron chi connectivity index (χ2n) is 3.75. The molecule has 0 saturated carbocycles. The van der Waals surface area contributed by atoms with E-state index in [1.165, 1.54) is 19.2 Å². The fourth-order valence-electron chi connectivity index (χ4n) is 1.81. The highest BCUT2D eigenvalue weighted by Gasteiger charge is 2.29. The zero-order valence-electron chi connectivity index (χ0n) is 9.06. The molecule has 6 nitrogen and oxygen atoms in total. The van der Waals surface area contributed by atoms with Crippen LogP contribution >= 0.6 is 0 Å². The number of benzene rings is 1. The molecule has 0 radical (unpaired) electrons. The van der Waals surface area contributed by atoms with Crippen molar-refractivity contribution in [3.05, 3.63) is 23.3 Å². The summed E-state index contributed by atoms with van der Waals surface area (Å²) in [4.78, 5) is 22.5. The number of carbonyl (C=O) groups excluding carboxylic acids is 1. The predicted molar refractivity (Wildman–Crippen MR) is 57.3 cm³/mol. The number of rotatable bonds is 2. The van der Waals surface area contributed by atoms with Crippen LogP contribution in [-0.2, 0) is 11.2 Å². The number of hydrogen-bond acceptors (Lipinski definition) is 4. The monoisotopic (exact) mass is 237 g/mol. The van der Waals surface area contributed by atoms with Gasteiger partial charge in [0, 0.05) is 12.0 Å². The number of nitrogens with one attached hydrogen (secondary N) is 1. The predicted octanol–water partition coefficient (Wildman–Crippen LogP) is 0.140. The van der Waals surface area contributed by atoms with Gasteiger partial charge in [-0.15, -0.1) is 0 Å². The molecule has 0 saturated heterocycles. The number of hydrogen-bond donors (Lipinski definition) is 3. The molecule has 17 heavy (non-hydrogen) atoms. The van der Waals surface area contributed by atoms with Gasteiger partial charge in [0.2, 0.25) is 0 Å². The van der Waals surface area contributed by atoms with E-state index in [1.54, 1.807) is 0 Å². The quantitative estimate of drug-likeness (QED) is 0.680. The van der Waals surface area contributed by atoms with E-state index < -0.39 is 17.9 Å². The number of methoxy groups -OCH3 is 1. The number of carboxylic acids is 1. The highest BCUT2D eigenvalue weighted by atomic mass is 16.5. The van der Waals surface area contributed by atoms with Crippen LogP contribution in [0.15, 0.2) is 12.1 Å². The van der Waals surface area contributed by atoms with Crippen molar-refractivity contribution in [2.75, 3.05) is 7.11 Å². The average Bonchev–Trinajstić information content (AvgIpc) is 2.29. The van der Waals surface area contributed by atoms with E-state index in [4.69, 9.17) is 9.84 Å². The topological polar surface area (TPSA) is 95.9 Å². The van der Waals surface area contributed by atoms with Gasteiger partial charge >= 0.3 is 5.97 Å². The third kappa shape index (κ3) is 1.89. The van der Waals surface area contributed by atoms with Crippen LogP contribution in [0.5, 0.6) is 11.5 Å². The molecule has 1 aromatic rings. The maximum atomic E-state index is 11.6. The zero-order valence-corrected chi connectivity index (χ0v) is 9.06. The normalized spacial score (nSPS) is 18.2. The van der Waals surface area contributed by atoms with Crippen LogP contribution in [0.1, 0.15) is 15.9 Å². The summed E-state index contributed by atoms with van der Waals surface area (Å²) in [6, 6.07) is 1.82. The van der Waals surface area contributed by atoms with Gasteiger partial charge in [0.05, 0.1) is 7.11 Å². The molecule has 90 valence electrons. The van der Waals surface area contributed by atoms with E-state index >= 15 is 0 Å². The van der Waals surface area contributed by atoms with Crippen molar-refractivity contribution in [1.82, 2.24) is 5.32 Å². The van der Waals surface area contributed by atoms with E-state index in [0.29, 0.717) is 5.56 Å². The van der Waals surface area contributed by atoms with Gasteiger partial charge in [0.25, 0.3) is 5.91 Å². The summed E-state index contributed by atoms with van der Waals surface area (Å²) in [6.45, 7) is 0. The van der Waals surface area contributed by atoms with Gasteiger partial charge in [-0.25, -0.2) is 4.79 Å². The Labute approximate surface area is 96.8 Å². The Bertz CT molecular complexity index is 497.